The van der Waals surface area contributed by atoms with Gasteiger partial charge in [-0.1, -0.05) is 19.3 Å². The summed E-state index contributed by atoms with van der Waals surface area (Å²) < 4.78 is 4.86. The van der Waals surface area contributed by atoms with E-state index < -0.39 is 0 Å². The Bertz CT molecular complexity index is 297. The van der Waals surface area contributed by atoms with Gasteiger partial charge in [-0.25, -0.2) is 4.79 Å². The first-order valence-electron chi connectivity index (χ1n) is 5.70. The van der Waals surface area contributed by atoms with Gasteiger partial charge in [0.2, 0.25) is 0 Å². The molecule has 0 aliphatic heterocycles. The highest BCUT2D eigenvalue weighted by Gasteiger charge is 2.04. The number of carbonyl (C=O) groups excluding carboxylic acids is 1. The summed E-state index contributed by atoms with van der Waals surface area (Å²) in [5.74, 6) is 2.54. The Morgan fingerprint density at radius 1 is 1.44 bits per heavy atom. The Morgan fingerprint density at radius 3 is 2.62 bits per heavy atom. The van der Waals surface area contributed by atoms with Gasteiger partial charge in [-0.2, -0.15) is 0 Å². The second-order valence-corrected chi connectivity index (χ2v) is 3.40. The van der Waals surface area contributed by atoms with Crippen molar-refractivity contribution < 1.29 is 9.53 Å². The quantitative estimate of drug-likeness (QED) is 0.300. The molecule has 0 fully saturated rings. The van der Waals surface area contributed by atoms with E-state index in [4.69, 9.17) is 4.74 Å². The highest BCUT2D eigenvalue weighted by Crippen LogP contribution is 2.04. The third-order valence-electron chi connectivity index (χ3n) is 2.02. The molecule has 0 atom stereocenters. The molecule has 0 N–H and O–H groups in total. The van der Waals surface area contributed by atoms with E-state index >= 15 is 0 Å². The normalized spacial score (nSPS) is 10.4. The number of esters is 1. The topological polar surface area (TPSA) is 29.5 Å². The van der Waals surface area contributed by atoms with E-state index in [2.05, 4.69) is 18.9 Å². The minimum atomic E-state index is -0.306. The van der Waals surface area contributed by atoms with Crippen molar-refractivity contribution >= 4 is 5.97 Å². The average molecular weight is 223 g/mol. The molecule has 0 aromatic carbocycles. The molecule has 0 aliphatic rings. The van der Waals surface area contributed by atoms with Crippen molar-refractivity contribution in [3.63, 3.8) is 0 Å². The van der Waals surface area contributed by atoms with Crippen LogP contribution < -0.4 is 0 Å². The van der Waals surface area contributed by atoms with Gasteiger partial charge in [-0.05, 0) is 27.2 Å². The van der Waals surface area contributed by atoms with E-state index in [0.717, 1.165) is 25.1 Å². The molecule has 0 rings (SSSR count). The smallest absolute Gasteiger partial charge is 0.332 e. The van der Waals surface area contributed by atoms with Crippen LogP contribution in [0.4, 0.5) is 0 Å². The van der Waals surface area contributed by atoms with Gasteiger partial charge in [-0.15, -0.1) is 0 Å². The van der Waals surface area contributed by atoms with Crippen molar-refractivity contribution in [2.75, 3.05) is 13.2 Å². The van der Waals surface area contributed by atoms with Crippen molar-refractivity contribution in [3.05, 3.63) is 11.8 Å². The Labute approximate surface area is 98.5 Å². The van der Waals surface area contributed by atoms with Crippen LogP contribution in [0, 0.1) is 12.0 Å². The molecular weight excluding hydrogens is 202 g/mol. The van der Waals surface area contributed by atoms with Crippen LogP contribution >= 0.6 is 0 Å². The molecule has 0 radical (unpaired) electrons. The van der Waals surface area contributed by atoms with Crippen LogP contribution in [0.2, 0.25) is 0 Å². The zero-order valence-electron chi connectivity index (χ0n) is 10.7. The molecule has 3 nitrogen and oxygen atoms in total. The van der Waals surface area contributed by atoms with Crippen molar-refractivity contribution in [2.45, 2.75) is 40.5 Å². The molecule has 0 saturated carbocycles. The number of nitrogens with zero attached hydrogens (tertiary/aromatic N) is 1. The van der Waals surface area contributed by atoms with Gasteiger partial charge in [0.1, 0.15) is 0 Å². The lowest BCUT2D eigenvalue weighted by Gasteiger charge is -2.17. The zero-order valence-corrected chi connectivity index (χ0v) is 10.7. The third-order valence-corrected chi connectivity index (χ3v) is 2.02. The van der Waals surface area contributed by atoms with Crippen molar-refractivity contribution in [3.8, 4) is 12.0 Å². The van der Waals surface area contributed by atoms with Crippen molar-refractivity contribution in [2.24, 2.45) is 0 Å². The number of ether oxygens (including phenoxy) is 1. The predicted molar refractivity (Wildman–Crippen MR) is 65.5 cm³/mol. The molecule has 0 spiro atoms. The Morgan fingerprint density at radius 2 is 2.12 bits per heavy atom. The van der Waals surface area contributed by atoms with Crippen LogP contribution in [-0.4, -0.2) is 24.0 Å². The molecule has 0 aromatic rings. The van der Waals surface area contributed by atoms with E-state index in [1.807, 2.05) is 11.8 Å². The fourth-order valence-corrected chi connectivity index (χ4v) is 1.20. The number of unbranched alkanes of at least 4 members (excludes halogenated alkanes) is 1. The second-order valence-electron chi connectivity index (χ2n) is 3.40. The molecule has 16 heavy (non-hydrogen) atoms. The van der Waals surface area contributed by atoms with Crippen LogP contribution in [0.25, 0.3) is 0 Å². The molecular formula is C13H21NO2. The minimum absolute atomic E-state index is 0.306. The van der Waals surface area contributed by atoms with Crippen molar-refractivity contribution in [1.29, 1.82) is 0 Å². The summed E-state index contributed by atoms with van der Waals surface area (Å²) in [7, 11) is 0. The molecule has 0 unspecified atom stereocenters. The lowest BCUT2D eigenvalue weighted by Crippen LogP contribution is -2.18. The predicted octanol–water partition coefficient (Wildman–Crippen LogP) is 2.54. The van der Waals surface area contributed by atoms with Crippen LogP contribution in [-0.2, 0) is 9.53 Å². The van der Waals surface area contributed by atoms with Gasteiger partial charge in [-0.3, -0.25) is 0 Å². The first kappa shape index (κ1) is 14.6. The SMILES string of the molecule is CC#CN(CCCC)/C(C)=C\C(=O)OCC. The fourth-order valence-electron chi connectivity index (χ4n) is 1.20. The summed E-state index contributed by atoms with van der Waals surface area (Å²) in [6.45, 7) is 8.83. The second kappa shape index (κ2) is 8.84. The van der Waals surface area contributed by atoms with E-state index in [1.165, 1.54) is 6.08 Å². The lowest BCUT2D eigenvalue weighted by molar-refractivity contribution is -0.137. The summed E-state index contributed by atoms with van der Waals surface area (Å²) in [5, 5.41) is 0. The van der Waals surface area contributed by atoms with Crippen LogP contribution in [0.1, 0.15) is 40.5 Å². The Hall–Kier alpha value is -1.43. The van der Waals surface area contributed by atoms with E-state index in [0.29, 0.717) is 6.61 Å². The Kier molecular flexibility index (Phi) is 8.05. The third kappa shape index (κ3) is 6.13. The molecule has 0 amide bonds. The highest BCUT2D eigenvalue weighted by atomic mass is 16.5. The lowest BCUT2D eigenvalue weighted by atomic mass is 10.3. The average Bonchev–Trinajstić information content (AvgIpc) is 2.24. The largest absolute Gasteiger partial charge is 0.463 e. The molecule has 0 aromatic heterocycles. The molecule has 0 heterocycles. The maximum atomic E-state index is 11.3. The summed E-state index contributed by atoms with van der Waals surface area (Å²) in [5.41, 5.74) is 0.834. The number of rotatable bonds is 6. The summed E-state index contributed by atoms with van der Waals surface area (Å²) >= 11 is 0. The van der Waals surface area contributed by atoms with E-state index in [1.54, 1.807) is 13.8 Å². The maximum Gasteiger partial charge on any atom is 0.332 e. The molecule has 90 valence electrons. The van der Waals surface area contributed by atoms with Gasteiger partial charge >= 0.3 is 5.97 Å². The zero-order chi connectivity index (χ0) is 12.4. The van der Waals surface area contributed by atoms with Gasteiger partial charge in [0.15, 0.2) is 0 Å². The molecule has 0 bridgehead atoms. The Balaban J connectivity index is 4.50. The summed E-state index contributed by atoms with van der Waals surface area (Å²) in [6.07, 6.45) is 3.65. The first-order valence-corrected chi connectivity index (χ1v) is 5.70. The minimum Gasteiger partial charge on any atom is -0.463 e. The summed E-state index contributed by atoms with van der Waals surface area (Å²) in [4.78, 5) is 13.2. The number of allylic oxidation sites excluding steroid dienone is 1. The number of hydrogen-bond acceptors (Lipinski definition) is 3. The van der Waals surface area contributed by atoms with Gasteiger partial charge in [0.05, 0.1) is 6.61 Å². The van der Waals surface area contributed by atoms with Gasteiger partial charge in [0.25, 0.3) is 0 Å². The van der Waals surface area contributed by atoms with Gasteiger partial charge < -0.3 is 9.64 Å². The van der Waals surface area contributed by atoms with Crippen LogP contribution in [0.15, 0.2) is 11.8 Å². The molecule has 0 aliphatic carbocycles. The maximum absolute atomic E-state index is 11.3. The van der Waals surface area contributed by atoms with E-state index in [-0.39, 0.29) is 5.97 Å². The standard InChI is InChI=1S/C13H21NO2/c1-5-8-10-14(9-6-2)12(4)11-13(15)16-7-3/h11H,5,7-8,10H2,1-4H3/b12-11-. The van der Waals surface area contributed by atoms with Crippen LogP contribution in [0.5, 0.6) is 0 Å². The first-order chi connectivity index (χ1) is 7.65. The van der Waals surface area contributed by atoms with Crippen LogP contribution in [0.3, 0.4) is 0 Å². The fraction of sp³-hybridized carbons (Fsp3) is 0.615. The van der Waals surface area contributed by atoms with Gasteiger partial charge in [0, 0.05) is 24.4 Å². The number of hydrogen-bond donors (Lipinski definition) is 0. The van der Waals surface area contributed by atoms with E-state index in [9.17, 15) is 4.79 Å². The number of carbonyl (C=O) groups is 1. The molecule has 0 saturated heterocycles. The summed E-state index contributed by atoms with van der Waals surface area (Å²) in [6, 6.07) is 2.97. The highest BCUT2D eigenvalue weighted by molar-refractivity contribution is 5.82. The monoisotopic (exact) mass is 223 g/mol. The van der Waals surface area contributed by atoms with Crippen molar-refractivity contribution in [1.82, 2.24) is 4.90 Å². The molecule has 3 heteroatoms.